The van der Waals surface area contributed by atoms with Crippen molar-refractivity contribution in [1.82, 2.24) is 10.3 Å². The summed E-state index contributed by atoms with van der Waals surface area (Å²) < 4.78 is 16.5. The van der Waals surface area contributed by atoms with Crippen LogP contribution in [-0.2, 0) is 11.3 Å². The zero-order chi connectivity index (χ0) is 26.1. The minimum atomic E-state index is -0.676. The van der Waals surface area contributed by atoms with E-state index in [1.165, 1.54) is 0 Å². The van der Waals surface area contributed by atoms with Gasteiger partial charge in [0.1, 0.15) is 5.75 Å². The van der Waals surface area contributed by atoms with Gasteiger partial charge in [-0.05, 0) is 59.2 Å². The average Bonchev–Trinajstić information content (AvgIpc) is 3.44. The quantitative estimate of drug-likeness (QED) is 0.410. The van der Waals surface area contributed by atoms with Gasteiger partial charge in [-0.3, -0.25) is 19.5 Å². The summed E-state index contributed by atoms with van der Waals surface area (Å²) in [7, 11) is 1.60. The number of rotatable bonds is 6. The number of nitrogens with one attached hydrogen (secondary N) is 1. The number of carbonyl (C=O) groups is 2. The first-order valence-corrected chi connectivity index (χ1v) is 12.3. The van der Waals surface area contributed by atoms with Crippen LogP contribution in [0, 0.1) is 0 Å². The van der Waals surface area contributed by atoms with Crippen molar-refractivity contribution in [3.05, 3.63) is 114 Å². The molecule has 0 aliphatic carbocycles. The van der Waals surface area contributed by atoms with E-state index in [0.29, 0.717) is 40.6 Å². The second-order valence-electron chi connectivity index (χ2n) is 9.07. The standard InChI is InChI=1S/C30H25N3O5/c1-36-22-9-6-20(7-10-22)28-27(29(34)32-17-19-12-14-31-15-13-19)23-4-2-3-5-24(23)30(35)33(28)21-8-11-25-26(16-21)38-18-37-25/h2-16,27-28H,17-18H2,1H3,(H,32,34)/t27-,28-/m0/s1. The van der Waals surface area contributed by atoms with Gasteiger partial charge in [-0.25, -0.2) is 0 Å². The molecule has 4 aromatic rings. The van der Waals surface area contributed by atoms with E-state index in [2.05, 4.69) is 10.3 Å². The largest absolute Gasteiger partial charge is 0.497 e. The lowest BCUT2D eigenvalue weighted by atomic mass is 9.78. The molecule has 2 atom stereocenters. The maximum atomic E-state index is 14.1. The number of hydrogen-bond donors (Lipinski definition) is 1. The molecule has 6 rings (SSSR count). The van der Waals surface area contributed by atoms with Crippen LogP contribution in [0.3, 0.4) is 0 Å². The lowest BCUT2D eigenvalue weighted by molar-refractivity contribution is -0.123. The zero-order valence-electron chi connectivity index (χ0n) is 20.7. The first-order chi connectivity index (χ1) is 18.6. The number of nitrogens with zero attached hydrogens (tertiary/aromatic N) is 2. The number of fused-ring (bicyclic) bond motifs is 2. The Balaban J connectivity index is 1.48. The van der Waals surface area contributed by atoms with E-state index in [4.69, 9.17) is 14.2 Å². The Morgan fingerprint density at radius 2 is 1.76 bits per heavy atom. The van der Waals surface area contributed by atoms with Gasteiger partial charge in [0.2, 0.25) is 12.7 Å². The number of ether oxygens (including phenoxy) is 3. The molecular formula is C30H25N3O5. The summed E-state index contributed by atoms with van der Waals surface area (Å²) in [5, 5.41) is 3.09. The number of benzene rings is 3. The third kappa shape index (κ3) is 4.20. The Morgan fingerprint density at radius 3 is 2.55 bits per heavy atom. The number of anilines is 1. The van der Waals surface area contributed by atoms with Crippen molar-refractivity contribution in [2.75, 3.05) is 18.8 Å². The van der Waals surface area contributed by atoms with Crippen molar-refractivity contribution in [1.29, 1.82) is 0 Å². The van der Waals surface area contributed by atoms with Gasteiger partial charge in [0.15, 0.2) is 11.5 Å². The van der Waals surface area contributed by atoms with E-state index in [1.807, 2.05) is 60.7 Å². The molecule has 1 N–H and O–H groups in total. The Bertz CT molecular complexity index is 1490. The van der Waals surface area contributed by atoms with Crippen LogP contribution < -0.4 is 24.4 Å². The van der Waals surface area contributed by atoms with E-state index in [-0.39, 0.29) is 18.6 Å². The topological polar surface area (TPSA) is 90.0 Å². The Hall–Kier alpha value is -4.85. The van der Waals surface area contributed by atoms with Gasteiger partial charge in [-0.15, -0.1) is 0 Å². The van der Waals surface area contributed by atoms with Crippen LogP contribution in [-0.4, -0.2) is 30.7 Å². The molecular weight excluding hydrogens is 482 g/mol. The van der Waals surface area contributed by atoms with Crippen molar-refractivity contribution in [3.63, 3.8) is 0 Å². The molecule has 2 aliphatic rings. The highest BCUT2D eigenvalue weighted by Gasteiger charge is 2.45. The molecule has 3 heterocycles. The first-order valence-electron chi connectivity index (χ1n) is 12.3. The third-order valence-corrected chi connectivity index (χ3v) is 6.93. The summed E-state index contributed by atoms with van der Waals surface area (Å²) in [6.07, 6.45) is 3.38. The van der Waals surface area contributed by atoms with Crippen LogP contribution in [0.4, 0.5) is 5.69 Å². The second kappa shape index (κ2) is 9.89. The maximum Gasteiger partial charge on any atom is 0.259 e. The Kier molecular flexibility index (Phi) is 6.13. The molecule has 0 saturated heterocycles. The Labute approximate surface area is 219 Å². The minimum Gasteiger partial charge on any atom is -0.497 e. The van der Waals surface area contributed by atoms with E-state index < -0.39 is 12.0 Å². The van der Waals surface area contributed by atoms with E-state index in [0.717, 1.165) is 11.1 Å². The predicted molar refractivity (Wildman–Crippen MR) is 140 cm³/mol. The molecule has 2 amide bonds. The van der Waals surface area contributed by atoms with Crippen LogP contribution in [0.5, 0.6) is 17.2 Å². The molecule has 0 radical (unpaired) electrons. The number of carbonyl (C=O) groups excluding carboxylic acids is 2. The van der Waals surface area contributed by atoms with Crippen LogP contribution in [0.15, 0.2) is 91.3 Å². The molecule has 2 aliphatic heterocycles. The van der Waals surface area contributed by atoms with Crippen molar-refractivity contribution < 1.29 is 23.8 Å². The van der Waals surface area contributed by atoms with Gasteiger partial charge in [0, 0.05) is 36.3 Å². The van der Waals surface area contributed by atoms with Gasteiger partial charge in [-0.2, -0.15) is 0 Å². The van der Waals surface area contributed by atoms with Crippen molar-refractivity contribution in [2.24, 2.45) is 0 Å². The molecule has 0 saturated carbocycles. The van der Waals surface area contributed by atoms with Gasteiger partial charge in [0.05, 0.1) is 19.1 Å². The van der Waals surface area contributed by atoms with Gasteiger partial charge in [-0.1, -0.05) is 30.3 Å². The summed E-state index contributed by atoms with van der Waals surface area (Å²) >= 11 is 0. The van der Waals surface area contributed by atoms with E-state index in [9.17, 15) is 9.59 Å². The lowest BCUT2D eigenvalue weighted by Crippen LogP contribution is -2.47. The molecule has 1 aromatic heterocycles. The van der Waals surface area contributed by atoms with Crippen molar-refractivity contribution in [2.45, 2.75) is 18.5 Å². The SMILES string of the molecule is COc1ccc([C@H]2[C@@H](C(=O)NCc3ccncc3)c3ccccc3C(=O)N2c2ccc3c(c2)OCO3)cc1. The molecule has 190 valence electrons. The molecule has 0 unspecified atom stereocenters. The predicted octanol–water partition coefficient (Wildman–Crippen LogP) is 4.62. The Morgan fingerprint density at radius 1 is 1.00 bits per heavy atom. The monoisotopic (exact) mass is 507 g/mol. The third-order valence-electron chi connectivity index (χ3n) is 6.93. The number of pyridine rings is 1. The number of aromatic nitrogens is 1. The number of hydrogen-bond acceptors (Lipinski definition) is 6. The van der Waals surface area contributed by atoms with Crippen molar-refractivity contribution in [3.8, 4) is 17.2 Å². The highest BCUT2D eigenvalue weighted by molar-refractivity contribution is 6.11. The van der Waals surface area contributed by atoms with Gasteiger partial charge < -0.3 is 19.5 Å². The summed E-state index contributed by atoms with van der Waals surface area (Å²) in [6.45, 7) is 0.463. The first kappa shape index (κ1) is 23.5. The molecule has 8 heteroatoms. The minimum absolute atomic E-state index is 0.123. The molecule has 38 heavy (non-hydrogen) atoms. The van der Waals surface area contributed by atoms with E-state index in [1.54, 1.807) is 42.6 Å². The van der Waals surface area contributed by atoms with Gasteiger partial charge in [0.25, 0.3) is 5.91 Å². The molecule has 0 bridgehead atoms. The second-order valence-corrected chi connectivity index (χ2v) is 9.07. The highest BCUT2D eigenvalue weighted by atomic mass is 16.7. The molecule has 0 fully saturated rings. The molecule has 8 nitrogen and oxygen atoms in total. The fraction of sp³-hybridized carbons (Fsp3) is 0.167. The summed E-state index contributed by atoms with van der Waals surface area (Å²) in [5.41, 5.74) is 3.51. The fourth-order valence-corrected chi connectivity index (χ4v) is 5.08. The summed E-state index contributed by atoms with van der Waals surface area (Å²) in [5.74, 6) is 0.800. The van der Waals surface area contributed by atoms with Crippen LogP contribution >= 0.6 is 0 Å². The average molecular weight is 508 g/mol. The van der Waals surface area contributed by atoms with Gasteiger partial charge >= 0.3 is 0 Å². The molecule has 0 spiro atoms. The highest BCUT2D eigenvalue weighted by Crippen LogP contribution is 2.47. The normalized spacial score (nSPS) is 17.6. The van der Waals surface area contributed by atoms with Crippen LogP contribution in [0.1, 0.15) is 39.0 Å². The zero-order valence-corrected chi connectivity index (χ0v) is 20.7. The smallest absolute Gasteiger partial charge is 0.259 e. The summed E-state index contributed by atoms with van der Waals surface area (Å²) in [6, 6.07) is 23.3. The van der Waals surface area contributed by atoms with Crippen molar-refractivity contribution >= 4 is 17.5 Å². The lowest BCUT2D eigenvalue weighted by Gasteiger charge is -2.42. The number of amides is 2. The summed E-state index contributed by atoms with van der Waals surface area (Å²) in [4.78, 5) is 33.8. The van der Waals surface area contributed by atoms with Crippen LogP contribution in [0.25, 0.3) is 0 Å². The maximum absolute atomic E-state index is 14.1. The fourth-order valence-electron chi connectivity index (χ4n) is 5.08. The van der Waals surface area contributed by atoms with E-state index >= 15 is 0 Å². The van der Waals surface area contributed by atoms with Crippen LogP contribution in [0.2, 0.25) is 0 Å². The molecule has 3 aromatic carbocycles. The number of methoxy groups -OCH3 is 1.